The Morgan fingerprint density at radius 3 is 2.50 bits per heavy atom. The Morgan fingerprint density at radius 1 is 1.44 bits per heavy atom. The molecule has 1 aromatic rings. The van der Waals surface area contributed by atoms with Crippen molar-refractivity contribution in [1.29, 1.82) is 0 Å². The number of thiol groups is 1. The maximum absolute atomic E-state index is 10.9. The van der Waals surface area contributed by atoms with E-state index < -0.39 is 0 Å². The largest absolute Gasteiger partial charge is 0.497 e. The number of hydrogen-bond acceptors (Lipinski definition) is 3. The first-order valence-electron chi connectivity index (χ1n) is 5.16. The Bertz CT molecular complexity index is 337. The number of methoxy groups -OCH3 is 1. The number of carbonyl (C=O) groups is 1. The molecule has 0 aliphatic carbocycles. The van der Waals surface area contributed by atoms with E-state index in [9.17, 15) is 4.79 Å². The summed E-state index contributed by atoms with van der Waals surface area (Å²) in [5.41, 5.74) is 1.16. The number of carbonyl (C=O) groups excluding carboxylic acids is 1. The van der Waals surface area contributed by atoms with Gasteiger partial charge in [0.2, 0.25) is 5.91 Å². The van der Waals surface area contributed by atoms with Crippen LogP contribution in [-0.4, -0.2) is 24.8 Å². The van der Waals surface area contributed by atoms with Crippen LogP contribution in [0.4, 0.5) is 0 Å². The van der Waals surface area contributed by atoms with Crippen LogP contribution in [0.1, 0.15) is 12.5 Å². The highest BCUT2D eigenvalue weighted by Crippen LogP contribution is 2.13. The third-order valence-corrected chi connectivity index (χ3v) is 2.71. The minimum Gasteiger partial charge on any atom is -0.497 e. The van der Waals surface area contributed by atoms with Gasteiger partial charge in [-0.2, -0.15) is 12.6 Å². The molecule has 0 bridgehead atoms. The molecule has 1 aromatic carbocycles. The van der Waals surface area contributed by atoms with Crippen molar-refractivity contribution in [2.24, 2.45) is 0 Å². The first-order chi connectivity index (χ1) is 7.65. The van der Waals surface area contributed by atoms with Crippen LogP contribution in [0.15, 0.2) is 24.3 Å². The summed E-state index contributed by atoms with van der Waals surface area (Å²) in [4.78, 5) is 10.9. The Hall–Kier alpha value is -1.16. The third kappa shape index (κ3) is 4.14. The Morgan fingerprint density at radius 2 is 2.06 bits per heavy atom. The van der Waals surface area contributed by atoms with Gasteiger partial charge >= 0.3 is 0 Å². The fraction of sp³-hybridized carbons (Fsp3) is 0.417. The molecule has 16 heavy (non-hydrogen) atoms. The number of hydrogen-bond donors (Lipinski definition) is 2. The van der Waals surface area contributed by atoms with E-state index in [1.54, 1.807) is 7.11 Å². The lowest BCUT2D eigenvalue weighted by Gasteiger charge is -2.15. The molecular weight excluding hydrogens is 222 g/mol. The molecule has 0 spiro atoms. The monoisotopic (exact) mass is 239 g/mol. The van der Waals surface area contributed by atoms with E-state index in [2.05, 4.69) is 17.9 Å². The molecule has 0 unspecified atom stereocenters. The third-order valence-electron chi connectivity index (χ3n) is 2.27. The van der Waals surface area contributed by atoms with Crippen LogP contribution in [0.25, 0.3) is 0 Å². The van der Waals surface area contributed by atoms with E-state index in [-0.39, 0.29) is 11.9 Å². The summed E-state index contributed by atoms with van der Waals surface area (Å²) < 4.78 is 5.08. The zero-order chi connectivity index (χ0) is 12.0. The standard InChI is InChI=1S/C12H17NO2S/c1-9(14)13-11(8-16)7-10-3-5-12(15-2)6-4-10/h3-6,11,16H,7-8H2,1-2H3,(H,13,14)/t11-/m0/s1. The van der Waals surface area contributed by atoms with Gasteiger partial charge in [-0.15, -0.1) is 0 Å². The molecule has 1 N–H and O–H groups in total. The van der Waals surface area contributed by atoms with E-state index in [0.29, 0.717) is 5.75 Å². The van der Waals surface area contributed by atoms with Gasteiger partial charge in [0.15, 0.2) is 0 Å². The van der Waals surface area contributed by atoms with Crippen molar-refractivity contribution in [3.8, 4) is 5.75 Å². The molecule has 3 nitrogen and oxygen atoms in total. The summed E-state index contributed by atoms with van der Waals surface area (Å²) in [6.07, 6.45) is 0.785. The molecule has 1 atom stereocenters. The van der Waals surface area contributed by atoms with Crippen LogP contribution in [0.3, 0.4) is 0 Å². The van der Waals surface area contributed by atoms with Crippen LogP contribution < -0.4 is 10.1 Å². The zero-order valence-electron chi connectivity index (χ0n) is 9.56. The minimum atomic E-state index is -0.0208. The van der Waals surface area contributed by atoms with E-state index in [4.69, 9.17) is 4.74 Å². The topological polar surface area (TPSA) is 38.3 Å². The van der Waals surface area contributed by atoms with Gasteiger partial charge in [-0.1, -0.05) is 12.1 Å². The van der Waals surface area contributed by atoms with E-state index in [0.717, 1.165) is 17.7 Å². The molecular formula is C12H17NO2S. The van der Waals surface area contributed by atoms with E-state index in [1.165, 1.54) is 6.92 Å². The molecule has 0 heterocycles. The van der Waals surface area contributed by atoms with Crippen LogP contribution in [-0.2, 0) is 11.2 Å². The summed E-state index contributed by atoms with van der Waals surface area (Å²) in [5.74, 6) is 1.45. The molecule has 1 amide bonds. The zero-order valence-corrected chi connectivity index (χ0v) is 10.5. The number of amides is 1. The number of nitrogens with one attached hydrogen (secondary N) is 1. The Kier molecular flexibility index (Phi) is 5.19. The Balaban J connectivity index is 2.59. The van der Waals surface area contributed by atoms with Crippen molar-refractivity contribution in [2.45, 2.75) is 19.4 Å². The highest BCUT2D eigenvalue weighted by Gasteiger charge is 2.08. The average Bonchev–Trinajstić information content (AvgIpc) is 2.28. The van der Waals surface area contributed by atoms with Gasteiger partial charge in [0, 0.05) is 18.7 Å². The molecule has 4 heteroatoms. The van der Waals surface area contributed by atoms with Crippen molar-refractivity contribution < 1.29 is 9.53 Å². The summed E-state index contributed by atoms with van der Waals surface area (Å²) in [5, 5.41) is 2.86. The van der Waals surface area contributed by atoms with Gasteiger partial charge in [-0.3, -0.25) is 4.79 Å². The first-order valence-corrected chi connectivity index (χ1v) is 5.80. The maximum atomic E-state index is 10.9. The maximum Gasteiger partial charge on any atom is 0.217 e. The first kappa shape index (κ1) is 12.9. The molecule has 1 rings (SSSR count). The smallest absolute Gasteiger partial charge is 0.217 e. The van der Waals surface area contributed by atoms with Gasteiger partial charge in [0.05, 0.1) is 7.11 Å². The minimum absolute atomic E-state index is 0.0208. The summed E-state index contributed by atoms with van der Waals surface area (Å²) >= 11 is 4.22. The number of ether oxygens (including phenoxy) is 1. The Labute approximate surface area is 102 Å². The lowest BCUT2D eigenvalue weighted by Crippen LogP contribution is -2.36. The van der Waals surface area contributed by atoms with Gasteiger partial charge < -0.3 is 10.1 Å². The average molecular weight is 239 g/mol. The van der Waals surface area contributed by atoms with Crippen molar-refractivity contribution in [3.63, 3.8) is 0 Å². The summed E-state index contributed by atoms with van der Waals surface area (Å²) in [6, 6.07) is 7.90. The summed E-state index contributed by atoms with van der Waals surface area (Å²) in [7, 11) is 1.64. The van der Waals surface area contributed by atoms with Crippen molar-refractivity contribution in [3.05, 3.63) is 29.8 Å². The van der Waals surface area contributed by atoms with Crippen LogP contribution >= 0.6 is 12.6 Å². The predicted molar refractivity (Wildman–Crippen MR) is 68.2 cm³/mol. The van der Waals surface area contributed by atoms with E-state index in [1.807, 2.05) is 24.3 Å². The highest BCUT2D eigenvalue weighted by atomic mass is 32.1. The van der Waals surface area contributed by atoms with Gasteiger partial charge in [-0.05, 0) is 24.1 Å². The molecule has 0 radical (unpaired) electrons. The van der Waals surface area contributed by atoms with Crippen LogP contribution in [0.5, 0.6) is 5.75 Å². The molecule has 0 fully saturated rings. The SMILES string of the molecule is COc1ccc(C[C@@H](CS)NC(C)=O)cc1. The van der Waals surface area contributed by atoms with E-state index >= 15 is 0 Å². The normalized spacial score (nSPS) is 11.9. The second-order valence-electron chi connectivity index (χ2n) is 3.63. The van der Waals surface area contributed by atoms with Gasteiger partial charge in [0.25, 0.3) is 0 Å². The van der Waals surface area contributed by atoms with Crippen LogP contribution in [0, 0.1) is 0 Å². The number of rotatable bonds is 5. The molecule has 88 valence electrons. The summed E-state index contributed by atoms with van der Waals surface area (Å²) in [6.45, 7) is 1.52. The highest BCUT2D eigenvalue weighted by molar-refractivity contribution is 7.80. The van der Waals surface area contributed by atoms with Gasteiger partial charge in [-0.25, -0.2) is 0 Å². The van der Waals surface area contributed by atoms with Crippen molar-refractivity contribution in [1.82, 2.24) is 5.32 Å². The van der Waals surface area contributed by atoms with Crippen molar-refractivity contribution >= 4 is 18.5 Å². The number of benzene rings is 1. The second-order valence-corrected chi connectivity index (χ2v) is 4.00. The lowest BCUT2D eigenvalue weighted by molar-refractivity contribution is -0.119. The van der Waals surface area contributed by atoms with Crippen molar-refractivity contribution in [2.75, 3.05) is 12.9 Å². The van der Waals surface area contributed by atoms with Crippen LogP contribution in [0.2, 0.25) is 0 Å². The predicted octanol–water partition coefficient (Wildman–Crippen LogP) is 1.67. The van der Waals surface area contributed by atoms with Gasteiger partial charge in [0.1, 0.15) is 5.75 Å². The molecule has 0 saturated heterocycles. The molecule has 0 aliphatic heterocycles. The fourth-order valence-corrected chi connectivity index (χ4v) is 1.72. The molecule has 0 saturated carbocycles. The molecule has 0 aliphatic rings. The second kappa shape index (κ2) is 6.43. The lowest BCUT2D eigenvalue weighted by atomic mass is 10.1. The molecule has 0 aromatic heterocycles. The quantitative estimate of drug-likeness (QED) is 0.767. The fourth-order valence-electron chi connectivity index (χ4n) is 1.49.